The fraction of sp³-hybridized carbons (Fsp3) is 0.154. The van der Waals surface area contributed by atoms with Crippen LogP contribution in [0.15, 0.2) is 41.0 Å². The number of ether oxygens (including phenoxy) is 2. The summed E-state index contributed by atoms with van der Waals surface area (Å²) < 4.78 is 11.5. The van der Waals surface area contributed by atoms with Crippen LogP contribution in [-0.4, -0.2) is 12.1 Å². The van der Waals surface area contributed by atoms with Crippen LogP contribution in [0.25, 0.3) is 0 Å². The molecule has 0 atom stereocenters. The Hall–Kier alpha value is -1.26. The molecule has 0 saturated heterocycles. The summed E-state index contributed by atoms with van der Waals surface area (Å²) in [7, 11) is 1.64. The van der Waals surface area contributed by atoms with E-state index in [1.165, 1.54) is 0 Å². The molecule has 3 nitrogen and oxygen atoms in total. The second-order valence-corrected chi connectivity index (χ2v) is 4.85. The van der Waals surface area contributed by atoms with Crippen LogP contribution in [0.1, 0.15) is 5.56 Å². The van der Waals surface area contributed by atoms with E-state index < -0.39 is 0 Å². The standard InChI is InChI=1S/C13H11BrClNO2/c1-17-11-4-2-9(3-5-11)8-18-12-6-10(14)7-16-13(12)15/h2-7H,8H2,1H3. The summed E-state index contributed by atoms with van der Waals surface area (Å²) >= 11 is 9.26. The molecule has 0 unspecified atom stereocenters. The number of rotatable bonds is 4. The van der Waals surface area contributed by atoms with Gasteiger partial charge in [0.2, 0.25) is 0 Å². The summed E-state index contributed by atoms with van der Waals surface area (Å²) in [6.45, 7) is 0.432. The number of nitrogens with zero attached hydrogens (tertiary/aromatic N) is 1. The quantitative estimate of drug-likeness (QED) is 0.792. The largest absolute Gasteiger partial charge is 0.497 e. The second-order valence-electron chi connectivity index (χ2n) is 3.58. The van der Waals surface area contributed by atoms with E-state index in [0.29, 0.717) is 17.5 Å². The van der Waals surface area contributed by atoms with E-state index in [9.17, 15) is 0 Å². The molecule has 1 heterocycles. The lowest BCUT2D eigenvalue weighted by molar-refractivity contribution is 0.304. The highest BCUT2D eigenvalue weighted by Gasteiger charge is 2.04. The number of benzene rings is 1. The molecule has 0 saturated carbocycles. The SMILES string of the molecule is COc1ccc(COc2cc(Br)cnc2Cl)cc1. The fourth-order valence-electron chi connectivity index (χ4n) is 1.39. The van der Waals surface area contributed by atoms with Crippen LogP contribution in [0.3, 0.4) is 0 Å². The maximum Gasteiger partial charge on any atom is 0.171 e. The van der Waals surface area contributed by atoms with Gasteiger partial charge in [0.1, 0.15) is 12.4 Å². The Balaban J connectivity index is 2.04. The van der Waals surface area contributed by atoms with Crippen LogP contribution < -0.4 is 9.47 Å². The lowest BCUT2D eigenvalue weighted by Crippen LogP contribution is -1.97. The highest BCUT2D eigenvalue weighted by atomic mass is 79.9. The first-order chi connectivity index (χ1) is 8.69. The first-order valence-corrected chi connectivity index (χ1v) is 6.43. The third-order valence-electron chi connectivity index (χ3n) is 2.33. The van der Waals surface area contributed by atoms with Gasteiger partial charge in [-0.2, -0.15) is 0 Å². The van der Waals surface area contributed by atoms with E-state index in [2.05, 4.69) is 20.9 Å². The average molecular weight is 329 g/mol. The van der Waals surface area contributed by atoms with Gasteiger partial charge >= 0.3 is 0 Å². The Morgan fingerprint density at radius 2 is 2.00 bits per heavy atom. The molecule has 1 aromatic heterocycles. The summed E-state index contributed by atoms with van der Waals surface area (Å²) in [5.41, 5.74) is 1.03. The van der Waals surface area contributed by atoms with E-state index in [0.717, 1.165) is 15.8 Å². The number of hydrogen-bond acceptors (Lipinski definition) is 3. The minimum absolute atomic E-state index is 0.353. The van der Waals surface area contributed by atoms with E-state index in [1.807, 2.05) is 24.3 Å². The van der Waals surface area contributed by atoms with Gasteiger partial charge in [-0.1, -0.05) is 23.7 Å². The molecule has 0 aliphatic rings. The Morgan fingerprint density at radius 3 is 2.67 bits per heavy atom. The predicted octanol–water partition coefficient (Wildman–Crippen LogP) is 4.09. The number of aromatic nitrogens is 1. The zero-order valence-electron chi connectivity index (χ0n) is 9.69. The molecule has 94 valence electrons. The molecule has 1 aromatic carbocycles. The molecular weight excluding hydrogens is 318 g/mol. The summed E-state index contributed by atoms with van der Waals surface area (Å²) in [5.74, 6) is 1.38. The maximum absolute atomic E-state index is 5.93. The third kappa shape index (κ3) is 3.37. The highest BCUT2D eigenvalue weighted by molar-refractivity contribution is 9.10. The molecule has 18 heavy (non-hydrogen) atoms. The van der Waals surface area contributed by atoms with E-state index in [-0.39, 0.29) is 0 Å². The van der Waals surface area contributed by atoms with Crippen LogP contribution in [0, 0.1) is 0 Å². The third-order valence-corrected chi connectivity index (χ3v) is 3.04. The number of halogens is 2. The van der Waals surface area contributed by atoms with E-state index in [1.54, 1.807) is 19.4 Å². The van der Waals surface area contributed by atoms with Gasteiger partial charge in [-0.3, -0.25) is 0 Å². The molecule has 2 aromatic rings. The Kier molecular flexibility index (Phi) is 4.44. The van der Waals surface area contributed by atoms with Gasteiger partial charge in [-0.15, -0.1) is 0 Å². The van der Waals surface area contributed by atoms with Gasteiger partial charge in [0.05, 0.1) is 7.11 Å². The Bertz CT molecular complexity index is 531. The van der Waals surface area contributed by atoms with Crippen LogP contribution >= 0.6 is 27.5 Å². The minimum atomic E-state index is 0.353. The van der Waals surface area contributed by atoms with Gasteiger partial charge in [-0.25, -0.2) is 4.98 Å². The van der Waals surface area contributed by atoms with Gasteiger partial charge in [0.15, 0.2) is 10.9 Å². The number of pyridine rings is 1. The van der Waals surface area contributed by atoms with Crippen molar-refractivity contribution < 1.29 is 9.47 Å². The summed E-state index contributed by atoms with van der Waals surface area (Å²) in [4.78, 5) is 3.99. The van der Waals surface area contributed by atoms with Gasteiger partial charge in [0, 0.05) is 10.7 Å². The zero-order chi connectivity index (χ0) is 13.0. The molecular formula is C13H11BrClNO2. The van der Waals surface area contributed by atoms with Crippen molar-refractivity contribution in [1.29, 1.82) is 0 Å². The van der Waals surface area contributed by atoms with Crippen molar-refractivity contribution >= 4 is 27.5 Å². The monoisotopic (exact) mass is 327 g/mol. The average Bonchev–Trinajstić information content (AvgIpc) is 2.40. The molecule has 0 fully saturated rings. The molecule has 0 bridgehead atoms. The normalized spacial score (nSPS) is 10.2. The lowest BCUT2D eigenvalue weighted by atomic mass is 10.2. The minimum Gasteiger partial charge on any atom is -0.497 e. The van der Waals surface area contributed by atoms with Gasteiger partial charge in [-0.05, 0) is 39.7 Å². The van der Waals surface area contributed by atoms with Crippen LogP contribution in [-0.2, 0) is 6.61 Å². The molecule has 0 amide bonds. The Labute approximate surface area is 119 Å². The summed E-state index contributed by atoms with van der Waals surface area (Å²) in [6, 6.07) is 9.45. The predicted molar refractivity (Wildman–Crippen MR) is 74.3 cm³/mol. The fourth-order valence-corrected chi connectivity index (χ4v) is 1.86. The van der Waals surface area contributed by atoms with Crippen LogP contribution in [0.2, 0.25) is 5.15 Å². The topological polar surface area (TPSA) is 31.4 Å². The first-order valence-electron chi connectivity index (χ1n) is 5.26. The van der Waals surface area contributed by atoms with Crippen molar-refractivity contribution in [2.75, 3.05) is 7.11 Å². The van der Waals surface area contributed by atoms with Crippen molar-refractivity contribution in [3.8, 4) is 11.5 Å². The second kappa shape index (κ2) is 6.07. The first kappa shape index (κ1) is 13.2. The van der Waals surface area contributed by atoms with Crippen molar-refractivity contribution in [3.05, 3.63) is 51.7 Å². The molecule has 0 spiro atoms. The molecule has 5 heteroatoms. The number of hydrogen-bond donors (Lipinski definition) is 0. The van der Waals surface area contributed by atoms with Gasteiger partial charge in [0.25, 0.3) is 0 Å². The zero-order valence-corrected chi connectivity index (χ0v) is 12.0. The van der Waals surface area contributed by atoms with Crippen molar-refractivity contribution in [3.63, 3.8) is 0 Å². The molecule has 2 rings (SSSR count). The molecule has 0 aliphatic carbocycles. The Morgan fingerprint density at radius 1 is 1.28 bits per heavy atom. The van der Waals surface area contributed by atoms with Crippen molar-refractivity contribution in [2.24, 2.45) is 0 Å². The lowest BCUT2D eigenvalue weighted by Gasteiger charge is -2.08. The van der Waals surface area contributed by atoms with E-state index in [4.69, 9.17) is 21.1 Å². The summed E-state index contributed by atoms with van der Waals surface area (Å²) in [5, 5.41) is 0.353. The van der Waals surface area contributed by atoms with Crippen molar-refractivity contribution in [2.45, 2.75) is 6.61 Å². The smallest absolute Gasteiger partial charge is 0.171 e. The summed E-state index contributed by atoms with van der Waals surface area (Å²) in [6.07, 6.45) is 1.63. The van der Waals surface area contributed by atoms with Crippen LogP contribution in [0.4, 0.5) is 0 Å². The highest BCUT2D eigenvalue weighted by Crippen LogP contribution is 2.26. The molecule has 0 radical (unpaired) electrons. The molecule has 0 N–H and O–H groups in total. The van der Waals surface area contributed by atoms with Crippen LogP contribution in [0.5, 0.6) is 11.5 Å². The van der Waals surface area contributed by atoms with Gasteiger partial charge < -0.3 is 9.47 Å². The van der Waals surface area contributed by atoms with Crippen molar-refractivity contribution in [1.82, 2.24) is 4.98 Å². The van der Waals surface area contributed by atoms with E-state index >= 15 is 0 Å². The maximum atomic E-state index is 5.93. The molecule has 0 aliphatic heterocycles. The number of methoxy groups -OCH3 is 1.